The highest BCUT2D eigenvalue weighted by atomic mass is 15.2. The van der Waals surface area contributed by atoms with Gasteiger partial charge >= 0.3 is 0 Å². The van der Waals surface area contributed by atoms with Crippen molar-refractivity contribution in [3.05, 3.63) is 0 Å². The van der Waals surface area contributed by atoms with Gasteiger partial charge in [0, 0.05) is 5.41 Å². The Bertz CT molecular complexity index is 262. The van der Waals surface area contributed by atoms with E-state index < -0.39 is 11.0 Å². The van der Waals surface area contributed by atoms with Crippen molar-refractivity contribution in [2.24, 2.45) is 15.6 Å². The largest absolute Gasteiger partial charge is 0.258 e. The molecule has 1 heterocycles. The molecule has 0 aromatic carbocycles. The first-order chi connectivity index (χ1) is 5.08. The molecule has 0 saturated carbocycles. The number of azo groups is 1. The van der Waals surface area contributed by atoms with Crippen LogP contribution in [0.2, 0.25) is 0 Å². The van der Waals surface area contributed by atoms with Crippen molar-refractivity contribution in [2.75, 3.05) is 6.54 Å². The number of rotatable bonds is 0. The Kier molecular flexibility index (Phi) is 1.42. The third kappa shape index (κ3) is 0.798. The van der Waals surface area contributed by atoms with Gasteiger partial charge in [0.25, 0.3) is 5.54 Å². The summed E-state index contributed by atoms with van der Waals surface area (Å²) in [5.74, 6) is 0. The third-order valence-electron chi connectivity index (χ3n) is 1.99. The van der Waals surface area contributed by atoms with E-state index in [1.807, 2.05) is 26.0 Å². The summed E-state index contributed by atoms with van der Waals surface area (Å²) in [6.45, 7) is 4.09. The molecule has 0 atom stereocenters. The van der Waals surface area contributed by atoms with Crippen molar-refractivity contribution >= 4 is 0 Å². The van der Waals surface area contributed by atoms with Gasteiger partial charge in [-0.25, -0.2) is 0 Å². The molecule has 0 N–H and O–H groups in total. The molecule has 56 valence electrons. The van der Waals surface area contributed by atoms with Gasteiger partial charge in [-0.1, -0.05) is 13.8 Å². The smallest absolute Gasteiger partial charge is 0.194 e. The molecule has 0 spiro atoms. The van der Waals surface area contributed by atoms with Gasteiger partial charge in [-0.05, 0) is 0 Å². The molecule has 4 heteroatoms. The predicted octanol–water partition coefficient (Wildman–Crippen LogP) is 1.26. The molecule has 1 rings (SSSR count). The number of hydrogen-bond acceptors (Lipinski definition) is 4. The summed E-state index contributed by atoms with van der Waals surface area (Å²) in [5, 5.41) is 24.8. The van der Waals surface area contributed by atoms with Gasteiger partial charge in [-0.15, -0.1) is 0 Å². The molecule has 0 aromatic rings. The minimum atomic E-state index is -1.26. The molecule has 0 unspecified atom stereocenters. The third-order valence-corrected chi connectivity index (χ3v) is 1.99. The molecule has 1 aliphatic heterocycles. The van der Waals surface area contributed by atoms with Crippen LogP contribution >= 0.6 is 0 Å². The molecule has 0 amide bonds. The summed E-state index contributed by atoms with van der Waals surface area (Å²) in [6.07, 6.45) is 0. The van der Waals surface area contributed by atoms with Crippen LogP contribution in [0.5, 0.6) is 0 Å². The molecule has 0 aliphatic carbocycles. The number of nitriles is 2. The zero-order chi connectivity index (χ0) is 8.54. The van der Waals surface area contributed by atoms with Crippen LogP contribution in [-0.2, 0) is 0 Å². The van der Waals surface area contributed by atoms with Crippen LogP contribution in [0.4, 0.5) is 0 Å². The monoisotopic (exact) mass is 148 g/mol. The first kappa shape index (κ1) is 7.68. The lowest BCUT2D eigenvalue weighted by atomic mass is 9.75. The zero-order valence-corrected chi connectivity index (χ0v) is 6.50. The van der Waals surface area contributed by atoms with Gasteiger partial charge < -0.3 is 0 Å². The maximum absolute atomic E-state index is 8.73. The Morgan fingerprint density at radius 3 is 2.00 bits per heavy atom. The summed E-state index contributed by atoms with van der Waals surface area (Å²) in [4.78, 5) is 0. The Hall–Kier alpha value is -1.42. The van der Waals surface area contributed by atoms with Crippen LogP contribution in [0.15, 0.2) is 10.2 Å². The molecule has 0 saturated heterocycles. The van der Waals surface area contributed by atoms with Crippen molar-refractivity contribution in [3.8, 4) is 12.1 Å². The standard InChI is InChI=1S/C7H8N4/c1-6(2)5-10-11-7(6,3-8)4-9/h5H2,1-2H3. The quantitative estimate of drug-likeness (QED) is 0.518. The molecule has 0 radical (unpaired) electrons. The second-order valence-electron chi connectivity index (χ2n) is 3.22. The lowest BCUT2D eigenvalue weighted by molar-refractivity contribution is 0.329. The van der Waals surface area contributed by atoms with Crippen LogP contribution in [0.1, 0.15) is 13.8 Å². The molecular formula is C7H8N4. The summed E-state index contributed by atoms with van der Waals surface area (Å²) in [7, 11) is 0. The van der Waals surface area contributed by atoms with E-state index in [-0.39, 0.29) is 0 Å². The highest BCUT2D eigenvalue weighted by molar-refractivity contribution is 5.29. The molecule has 0 bridgehead atoms. The Balaban J connectivity index is 3.14. The minimum Gasteiger partial charge on any atom is -0.194 e. The summed E-state index contributed by atoms with van der Waals surface area (Å²) in [6, 6.07) is 3.79. The predicted molar refractivity (Wildman–Crippen MR) is 37.5 cm³/mol. The molecule has 0 aromatic heterocycles. The van der Waals surface area contributed by atoms with Gasteiger partial charge in [0.2, 0.25) is 0 Å². The van der Waals surface area contributed by atoms with Crippen LogP contribution in [0.3, 0.4) is 0 Å². The molecule has 11 heavy (non-hydrogen) atoms. The van der Waals surface area contributed by atoms with E-state index in [1.165, 1.54) is 0 Å². The fourth-order valence-electron chi connectivity index (χ4n) is 0.940. The maximum atomic E-state index is 8.73. The van der Waals surface area contributed by atoms with E-state index in [0.29, 0.717) is 6.54 Å². The van der Waals surface area contributed by atoms with Crippen molar-refractivity contribution in [1.29, 1.82) is 10.5 Å². The molecule has 4 nitrogen and oxygen atoms in total. The van der Waals surface area contributed by atoms with Gasteiger partial charge in [0.1, 0.15) is 12.1 Å². The minimum absolute atomic E-state index is 0.448. The van der Waals surface area contributed by atoms with E-state index in [1.54, 1.807) is 0 Å². The van der Waals surface area contributed by atoms with Crippen molar-refractivity contribution in [2.45, 2.75) is 19.4 Å². The SMILES string of the molecule is CC1(C)CN=NC1(C#N)C#N. The molecular weight excluding hydrogens is 140 g/mol. The Morgan fingerprint density at radius 2 is 1.82 bits per heavy atom. The van der Waals surface area contributed by atoms with Gasteiger partial charge in [-0.3, -0.25) is 0 Å². The van der Waals surface area contributed by atoms with E-state index in [9.17, 15) is 0 Å². The average Bonchev–Trinajstić information content (AvgIpc) is 2.26. The van der Waals surface area contributed by atoms with Crippen molar-refractivity contribution in [3.63, 3.8) is 0 Å². The molecule has 1 aliphatic rings. The van der Waals surface area contributed by atoms with Crippen LogP contribution in [-0.4, -0.2) is 12.1 Å². The fourth-order valence-corrected chi connectivity index (χ4v) is 0.940. The van der Waals surface area contributed by atoms with Crippen LogP contribution in [0, 0.1) is 28.1 Å². The first-order valence-electron chi connectivity index (χ1n) is 3.29. The molecule has 0 fully saturated rings. The number of hydrogen-bond donors (Lipinski definition) is 0. The highest BCUT2D eigenvalue weighted by Crippen LogP contribution is 2.38. The Morgan fingerprint density at radius 1 is 1.27 bits per heavy atom. The summed E-state index contributed by atoms with van der Waals surface area (Å²) < 4.78 is 0. The lowest BCUT2D eigenvalue weighted by Gasteiger charge is -2.23. The summed E-state index contributed by atoms with van der Waals surface area (Å²) >= 11 is 0. The normalized spacial score (nSPS) is 24.0. The van der Waals surface area contributed by atoms with Crippen molar-refractivity contribution < 1.29 is 0 Å². The van der Waals surface area contributed by atoms with E-state index in [0.717, 1.165) is 0 Å². The lowest BCUT2D eigenvalue weighted by Crippen LogP contribution is -2.38. The van der Waals surface area contributed by atoms with E-state index in [2.05, 4.69) is 10.2 Å². The topological polar surface area (TPSA) is 72.3 Å². The van der Waals surface area contributed by atoms with E-state index in [4.69, 9.17) is 10.5 Å². The van der Waals surface area contributed by atoms with Crippen molar-refractivity contribution in [1.82, 2.24) is 0 Å². The second-order valence-corrected chi connectivity index (χ2v) is 3.22. The van der Waals surface area contributed by atoms with Crippen LogP contribution in [0.25, 0.3) is 0 Å². The maximum Gasteiger partial charge on any atom is 0.258 e. The average molecular weight is 148 g/mol. The van der Waals surface area contributed by atoms with Gasteiger partial charge in [0.15, 0.2) is 0 Å². The Labute approximate surface area is 65.2 Å². The van der Waals surface area contributed by atoms with Gasteiger partial charge in [-0.2, -0.15) is 20.8 Å². The first-order valence-corrected chi connectivity index (χ1v) is 3.29. The van der Waals surface area contributed by atoms with Crippen LogP contribution < -0.4 is 0 Å². The zero-order valence-electron chi connectivity index (χ0n) is 6.50. The second kappa shape index (κ2) is 2.03. The fraction of sp³-hybridized carbons (Fsp3) is 0.714. The highest BCUT2D eigenvalue weighted by Gasteiger charge is 2.50. The number of nitrogens with zero attached hydrogens (tertiary/aromatic N) is 4. The van der Waals surface area contributed by atoms with E-state index >= 15 is 0 Å². The van der Waals surface area contributed by atoms with Gasteiger partial charge in [0.05, 0.1) is 6.54 Å². The summed E-state index contributed by atoms with van der Waals surface area (Å²) in [5.41, 5.74) is -1.70.